The number of rotatable bonds is 11. The number of anilines is 1. The lowest BCUT2D eigenvalue weighted by atomic mass is 10.1. The largest absolute Gasteiger partial charge is 0.495 e. The van der Waals surface area contributed by atoms with Crippen LogP contribution in [0.4, 0.5) is 10.1 Å². The molecule has 1 atom stereocenters. The summed E-state index contributed by atoms with van der Waals surface area (Å²) in [5.74, 6) is -1.32. The number of aryl methyl sites for hydroxylation is 1. The first kappa shape index (κ1) is 29.9. The molecule has 8 nitrogen and oxygen atoms in total. The summed E-state index contributed by atoms with van der Waals surface area (Å²) in [6.07, 6.45) is 0.262. The molecular formula is C28H31ClFN3O5S. The average molecular weight is 576 g/mol. The third kappa shape index (κ3) is 7.07. The third-order valence-corrected chi connectivity index (χ3v) is 8.20. The van der Waals surface area contributed by atoms with Crippen molar-refractivity contribution < 1.29 is 27.1 Å². The summed E-state index contributed by atoms with van der Waals surface area (Å²) in [6, 6.07) is 15.3. The zero-order chi connectivity index (χ0) is 28.7. The predicted molar refractivity (Wildman–Crippen MR) is 149 cm³/mol. The highest BCUT2D eigenvalue weighted by Crippen LogP contribution is 2.35. The van der Waals surface area contributed by atoms with E-state index in [4.69, 9.17) is 16.3 Å². The number of hydrogen-bond acceptors (Lipinski definition) is 5. The Balaban J connectivity index is 2.12. The van der Waals surface area contributed by atoms with E-state index in [1.807, 2.05) is 6.92 Å². The quantitative estimate of drug-likeness (QED) is 0.362. The number of methoxy groups -OCH3 is 1. The zero-order valence-corrected chi connectivity index (χ0v) is 23.7. The average Bonchev–Trinajstić information content (AvgIpc) is 2.92. The fourth-order valence-electron chi connectivity index (χ4n) is 4.08. The van der Waals surface area contributed by atoms with E-state index in [1.54, 1.807) is 25.1 Å². The minimum atomic E-state index is -4.29. The Morgan fingerprint density at radius 2 is 1.69 bits per heavy atom. The van der Waals surface area contributed by atoms with Crippen LogP contribution >= 0.6 is 11.6 Å². The van der Waals surface area contributed by atoms with Crippen LogP contribution in [-0.4, -0.2) is 51.9 Å². The molecule has 0 saturated heterocycles. The van der Waals surface area contributed by atoms with Crippen molar-refractivity contribution in [2.75, 3.05) is 25.0 Å². The lowest BCUT2D eigenvalue weighted by Gasteiger charge is -2.33. The highest BCUT2D eigenvalue weighted by molar-refractivity contribution is 7.92. The SMILES string of the molecule is CC[C@H](C(=O)NC)N(Cc1ccc(F)cc1)C(=O)CN(c1cc(Cl)ccc1OC)S(=O)(=O)c1ccc(C)cc1. The smallest absolute Gasteiger partial charge is 0.264 e. The van der Waals surface area contributed by atoms with Crippen molar-refractivity contribution in [3.05, 3.63) is 88.7 Å². The molecule has 0 unspecified atom stereocenters. The maximum Gasteiger partial charge on any atom is 0.264 e. The van der Waals surface area contributed by atoms with Gasteiger partial charge in [0.25, 0.3) is 10.0 Å². The first-order valence-electron chi connectivity index (χ1n) is 12.2. The molecule has 0 saturated carbocycles. The first-order chi connectivity index (χ1) is 18.5. The van der Waals surface area contributed by atoms with Crippen LogP contribution in [0.25, 0.3) is 0 Å². The van der Waals surface area contributed by atoms with Gasteiger partial charge in [-0.15, -0.1) is 0 Å². The lowest BCUT2D eigenvalue weighted by molar-refractivity contribution is -0.140. The molecule has 0 aromatic heterocycles. The highest BCUT2D eigenvalue weighted by Gasteiger charge is 2.34. The second-order valence-corrected chi connectivity index (χ2v) is 11.1. The van der Waals surface area contributed by atoms with Gasteiger partial charge in [0.05, 0.1) is 17.7 Å². The molecule has 2 amide bonds. The van der Waals surface area contributed by atoms with E-state index in [1.165, 1.54) is 67.6 Å². The fraction of sp³-hybridized carbons (Fsp3) is 0.286. The van der Waals surface area contributed by atoms with Crippen molar-refractivity contribution >= 4 is 39.1 Å². The van der Waals surface area contributed by atoms with Gasteiger partial charge in [0.1, 0.15) is 24.2 Å². The highest BCUT2D eigenvalue weighted by atomic mass is 35.5. The van der Waals surface area contributed by atoms with Gasteiger partial charge in [0.15, 0.2) is 0 Å². The van der Waals surface area contributed by atoms with E-state index in [2.05, 4.69) is 5.32 Å². The normalized spacial score (nSPS) is 11.9. The van der Waals surface area contributed by atoms with Crippen LogP contribution in [0.1, 0.15) is 24.5 Å². The molecule has 0 aliphatic carbocycles. The van der Waals surface area contributed by atoms with Gasteiger partial charge in [0.2, 0.25) is 11.8 Å². The van der Waals surface area contributed by atoms with Gasteiger partial charge in [0, 0.05) is 18.6 Å². The van der Waals surface area contributed by atoms with Crippen molar-refractivity contribution in [1.29, 1.82) is 0 Å². The van der Waals surface area contributed by atoms with E-state index in [0.29, 0.717) is 5.56 Å². The predicted octanol–water partition coefficient (Wildman–Crippen LogP) is 4.54. The van der Waals surface area contributed by atoms with Gasteiger partial charge < -0.3 is 15.0 Å². The number of amides is 2. The minimum absolute atomic E-state index is 0.0358. The summed E-state index contributed by atoms with van der Waals surface area (Å²) in [5, 5.41) is 2.79. The van der Waals surface area contributed by atoms with Crippen LogP contribution in [0.3, 0.4) is 0 Å². The molecule has 3 aromatic rings. The van der Waals surface area contributed by atoms with Crippen LogP contribution in [0.2, 0.25) is 5.02 Å². The second-order valence-electron chi connectivity index (χ2n) is 8.83. The fourth-order valence-corrected chi connectivity index (χ4v) is 5.66. The number of ether oxygens (including phenoxy) is 1. The van der Waals surface area contributed by atoms with Gasteiger partial charge in [-0.05, 0) is 61.4 Å². The van der Waals surface area contributed by atoms with Gasteiger partial charge in [-0.2, -0.15) is 0 Å². The summed E-state index contributed by atoms with van der Waals surface area (Å²) in [5.41, 5.74) is 1.49. The molecule has 0 radical (unpaired) electrons. The number of carbonyl (C=O) groups is 2. The molecule has 1 N–H and O–H groups in total. The van der Waals surface area contributed by atoms with Crippen molar-refractivity contribution in [2.24, 2.45) is 0 Å². The molecule has 3 rings (SSSR count). The lowest BCUT2D eigenvalue weighted by Crippen LogP contribution is -2.51. The van der Waals surface area contributed by atoms with Crippen molar-refractivity contribution in [3.8, 4) is 5.75 Å². The Bertz CT molecular complexity index is 1420. The van der Waals surface area contributed by atoms with Gasteiger partial charge >= 0.3 is 0 Å². The van der Waals surface area contributed by atoms with Crippen LogP contribution < -0.4 is 14.4 Å². The molecule has 208 valence electrons. The molecule has 11 heteroatoms. The zero-order valence-electron chi connectivity index (χ0n) is 22.1. The topological polar surface area (TPSA) is 96.0 Å². The number of carbonyl (C=O) groups excluding carboxylic acids is 2. The molecule has 39 heavy (non-hydrogen) atoms. The van der Waals surface area contributed by atoms with E-state index in [9.17, 15) is 22.4 Å². The summed E-state index contributed by atoms with van der Waals surface area (Å²) >= 11 is 6.23. The van der Waals surface area contributed by atoms with Crippen molar-refractivity contribution in [3.63, 3.8) is 0 Å². The molecule has 0 spiro atoms. The van der Waals surface area contributed by atoms with Crippen LogP contribution in [0.15, 0.2) is 71.6 Å². The van der Waals surface area contributed by atoms with Crippen LogP contribution in [0, 0.1) is 12.7 Å². The second kappa shape index (κ2) is 12.9. The molecular weight excluding hydrogens is 545 g/mol. The summed E-state index contributed by atoms with van der Waals surface area (Å²) in [6.45, 7) is 2.87. The first-order valence-corrected chi connectivity index (χ1v) is 14.0. The van der Waals surface area contributed by atoms with Crippen molar-refractivity contribution in [2.45, 2.75) is 37.8 Å². The summed E-state index contributed by atoms with van der Waals surface area (Å²) < 4.78 is 47.8. The molecule has 0 fully saturated rings. The molecule has 0 heterocycles. The van der Waals surface area contributed by atoms with E-state index < -0.39 is 40.2 Å². The Labute approximate surface area is 233 Å². The van der Waals surface area contributed by atoms with Crippen molar-refractivity contribution in [1.82, 2.24) is 10.2 Å². The minimum Gasteiger partial charge on any atom is -0.495 e. The standard InChI is InChI=1S/C28H31ClFN3O5S/c1-5-24(28(35)31-3)32(17-20-8-11-22(30)12-9-20)27(34)18-33(25-16-21(29)10-15-26(25)38-4)39(36,37)23-13-6-19(2)7-14-23/h6-16,24H,5,17-18H2,1-4H3,(H,31,35)/t24-/m1/s1. The van der Waals surface area contributed by atoms with E-state index in [-0.39, 0.29) is 34.3 Å². The van der Waals surface area contributed by atoms with Gasteiger partial charge in [-0.1, -0.05) is 48.4 Å². The molecule has 0 aliphatic rings. The van der Waals surface area contributed by atoms with Gasteiger partial charge in [-0.3, -0.25) is 13.9 Å². The Kier molecular flexibility index (Phi) is 9.93. The number of benzene rings is 3. The number of halogens is 2. The number of sulfonamides is 1. The molecule has 3 aromatic carbocycles. The number of hydrogen-bond donors (Lipinski definition) is 1. The van der Waals surface area contributed by atoms with E-state index >= 15 is 0 Å². The third-order valence-electron chi connectivity index (χ3n) is 6.20. The number of nitrogens with one attached hydrogen (secondary N) is 1. The van der Waals surface area contributed by atoms with E-state index in [0.717, 1.165) is 9.87 Å². The maximum atomic E-state index is 13.9. The number of likely N-dealkylation sites (N-methyl/N-ethyl adjacent to an activating group) is 1. The summed E-state index contributed by atoms with van der Waals surface area (Å²) in [4.78, 5) is 27.9. The van der Waals surface area contributed by atoms with Crippen LogP contribution in [-0.2, 0) is 26.2 Å². The summed E-state index contributed by atoms with van der Waals surface area (Å²) in [7, 11) is -1.45. The molecule has 0 bridgehead atoms. The Hall–Kier alpha value is -3.63. The van der Waals surface area contributed by atoms with Gasteiger partial charge in [-0.25, -0.2) is 12.8 Å². The Morgan fingerprint density at radius 1 is 1.05 bits per heavy atom. The number of nitrogens with zero attached hydrogens (tertiary/aromatic N) is 2. The van der Waals surface area contributed by atoms with Crippen LogP contribution in [0.5, 0.6) is 5.75 Å². The Morgan fingerprint density at radius 3 is 2.26 bits per heavy atom. The monoisotopic (exact) mass is 575 g/mol. The maximum absolute atomic E-state index is 13.9. The molecule has 0 aliphatic heterocycles.